The van der Waals surface area contributed by atoms with E-state index in [0.29, 0.717) is 29.5 Å². The quantitative estimate of drug-likeness (QED) is 0.750. The zero-order chi connectivity index (χ0) is 13.1. The summed E-state index contributed by atoms with van der Waals surface area (Å²) in [7, 11) is 1.96. The number of benzene rings is 1. The number of ketones is 1. The zero-order valence-corrected chi connectivity index (χ0v) is 11.1. The number of hydrogen-bond acceptors (Lipinski definition) is 4. The predicted octanol–water partition coefficient (Wildman–Crippen LogP) is 2.19. The molecule has 1 heterocycles. The lowest BCUT2D eigenvalue weighted by Gasteiger charge is -2.17. The highest BCUT2D eigenvalue weighted by Crippen LogP contribution is 2.32. The number of hydrogen-bond donors (Lipinski definition) is 0. The SMILES string of the molecule is CC(C)CN(C)CC(=O)c1ccc2c(c1)OCO2. The van der Waals surface area contributed by atoms with E-state index in [9.17, 15) is 4.79 Å². The Balaban J connectivity index is 2.01. The van der Waals surface area contributed by atoms with E-state index in [1.165, 1.54) is 0 Å². The molecule has 4 heteroatoms. The normalized spacial score (nSPS) is 13.4. The average molecular weight is 249 g/mol. The number of carbonyl (C=O) groups excluding carboxylic acids is 1. The lowest BCUT2D eigenvalue weighted by atomic mass is 10.1. The van der Waals surface area contributed by atoms with Crippen molar-refractivity contribution in [1.82, 2.24) is 4.90 Å². The van der Waals surface area contributed by atoms with Gasteiger partial charge in [-0.25, -0.2) is 0 Å². The van der Waals surface area contributed by atoms with Crippen molar-refractivity contribution in [1.29, 1.82) is 0 Å². The molecule has 18 heavy (non-hydrogen) atoms. The Bertz CT molecular complexity index is 443. The first kappa shape index (κ1) is 12.9. The van der Waals surface area contributed by atoms with Crippen molar-refractivity contribution >= 4 is 5.78 Å². The fraction of sp³-hybridized carbons (Fsp3) is 0.500. The van der Waals surface area contributed by atoms with Gasteiger partial charge in [0.2, 0.25) is 6.79 Å². The standard InChI is InChI=1S/C14H19NO3/c1-10(2)7-15(3)8-12(16)11-4-5-13-14(6-11)18-9-17-13/h4-6,10H,7-9H2,1-3H3. The molecular weight excluding hydrogens is 230 g/mol. The van der Waals surface area contributed by atoms with Crippen molar-refractivity contribution < 1.29 is 14.3 Å². The van der Waals surface area contributed by atoms with Crippen LogP contribution in [0.2, 0.25) is 0 Å². The molecule has 0 saturated carbocycles. The summed E-state index contributed by atoms with van der Waals surface area (Å²) >= 11 is 0. The van der Waals surface area contributed by atoms with E-state index in [1.807, 2.05) is 11.9 Å². The maximum atomic E-state index is 12.1. The Morgan fingerprint density at radius 3 is 2.78 bits per heavy atom. The summed E-state index contributed by atoms with van der Waals surface area (Å²) in [5, 5.41) is 0. The molecule has 0 unspecified atom stereocenters. The number of fused-ring (bicyclic) bond motifs is 1. The molecule has 0 aliphatic carbocycles. The lowest BCUT2D eigenvalue weighted by molar-refractivity contribution is 0.0940. The minimum absolute atomic E-state index is 0.108. The van der Waals surface area contributed by atoms with Gasteiger partial charge in [0.05, 0.1) is 6.54 Å². The molecule has 0 atom stereocenters. The van der Waals surface area contributed by atoms with E-state index >= 15 is 0 Å². The Labute approximate surface area is 107 Å². The fourth-order valence-electron chi connectivity index (χ4n) is 2.09. The van der Waals surface area contributed by atoms with Crippen LogP contribution >= 0.6 is 0 Å². The zero-order valence-electron chi connectivity index (χ0n) is 11.1. The van der Waals surface area contributed by atoms with Crippen molar-refractivity contribution in [2.24, 2.45) is 5.92 Å². The predicted molar refractivity (Wildman–Crippen MR) is 69.2 cm³/mol. The fourth-order valence-corrected chi connectivity index (χ4v) is 2.09. The van der Waals surface area contributed by atoms with Crippen LogP contribution in [0.4, 0.5) is 0 Å². The van der Waals surface area contributed by atoms with E-state index in [2.05, 4.69) is 13.8 Å². The van der Waals surface area contributed by atoms with Crippen LogP contribution in [-0.2, 0) is 0 Å². The molecule has 1 aromatic rings. The number of likely N-dealkylation sites (N-methyl/N-ethyl adjacent to an activating group) is 1. The van der Waals surface area contributed by atoms with Crippen molar-refractivity contribution in [2.75, 3.05) is 26.9 Å². The van der Waals surface area contributed by atoms with Crippen LogP contribution in [0, 0.1) is 5.92 Å². The highest BCUT2D eigenvalue weighted by atomic mass is 16.7. The van der Waals surface area contributed by atoms with Gasteiger partial charge in [0.15, 0.2) is 17.3 Å². The van der Waals surface area contributed by atoms with Crippen LogP contribution in [0.15, 0.2) is 18.2 Å². The molecule has 1 aromatic carbocycles. The van der Waals surface area contributed by atoms with Gasteiger partial charge in [-0.3, -0.25) is 9.69 Å². The van der Waals surface area contributed by atoms with Gasteiger partial charge in [-0.2, -0.15) is 0 Å². The Hall–Kier alpha value is -1.55. The van der Waals surface area contributed by atoms with Crippen LogP contribution in [0.3, 0.4) is 0 Å². The molecule has 0 N–H and O–H groups in total. The number of ether oxygens (including phenoxy) is 2. The summed E-state index contributed by atoms with van der Waals surface area (Å²) in [4.78, 5) is 14.1. The molecule has 1 aliphatic heterocycles. The van der Waals surface area contributed by atoms with Crippen LogP contribution in [0.5, 0.6) is 11.5 Å². The monoisotopic (exact) mass is 249 g/mol. The molecule has 1 aliphatic rings. The summed E-state index contributed by atoms with van der Waals surface area (Å²) in [5.74, 6) is 2.03. The molecule has 0 bridgehead atoms. The van der Waals surface area contributed by atoms with Crippen LogP contribution < -0.4 is 9.47 Å². The Morgan fingerprint density at radius 1 is 1.33 bits per heavy atom. The molecule has 2 rings (SSSR count). The van der Waals surface area contributed by atoms with E-state index < -0.39 is 0 Å². The van der Waals surface area contributed by atoms with Crippen molar-refractivity contribution in [3.63, 3.8) is 0 Å². The number of carbonyl (C=O) groups is 1. The van der Waals surface area contributed by atoms with Gasteiger partial charge in [0.25, 0.3) is 0 Å². The average Bonchev–Trinajstić information content (AvgIpc) is 2.74. The first-order valence-corrected chi connectivity index (χ1v) is 6.17. The molecule has 0 aromatic heterocycles. The summed E-state index contributed by atoms with van der Waals surface area (Å²) < 4.78 is 10.5. The van der Waals surface area contributed by atoms with Crippen LogP contribution in [0.25, 0.3) is 0 Å². The van der Waals surface area contributed by atoms with Crippen molar-refractivity contribution in [3.8, 4) is 11.5 Å². The second kappa shape index (κ2) is 5.40. The first-order chi connectivity index (χ1) is 8.56. The molecule has 0 radical (unpaired) electrons. The second-order valence-electron chi connectivity index (χ2n) is 5.08. The molecular formula is C14H19NO3. The van der Waals surface area contributed by atoms with Gasteiger partial charge in [-0.15, -0.1) is 0 Å². The largest absolute Gasteiger partial charge is 0.454 e. The van der Waals surface area contributed by atoms with Gasteiger partial charge >= 0.3 is 0 Å². The van der Waals surface area contributed by atoms with E-state index in [-0.39, 0.29) is 12.6 Å². The van der Waals surface area contributed by atoms with Gasteiger partial charge in [0.1, 0.15) is 0 Å². The van der Waals surface area contributed by atoms with Crippen molar-refractivity contribution in [2.45, 2.75) is 13.8 Å². The minimum Gasteiger partial charge on any atom is -0.454 e. The maximum absolute atomic E-state index is 12.1. The van der Waals surface area contributed by atoms with E-state index in [4.69, 9.17) is 9.47 Å². The van der Waals surface area contributed by atoms with Gasteiger partial charge < -0.3 is 9.47 Å². The van der Waals surface area contributed by atoms with Gasteiger partial charge in [-0.1, -0.05) is 13.8 Å². The lowest BCUT2D eigenvalue weighted by Crippen LogP contribution is -2.29. The number of nitrogens with zero attached hydrogens (tertiary/aromatic N) is 1. The Kier molecular flexibility index (Phi) is 3.87. The third kappa shape index (κ3) is 3.01. The third-order valence-electron chi connectivity index (χ3n) is 2.78. The molecule has 4 nitrogen and oxygen atoms in total. The highest BCUT2D eigenvalue weighted by Gasteiger charge is 2.17. The third-order valence-corrected chi connectivity index (χ3v) is 2.78. The maximum Gasteiger partial charge on any atom is 0.231 e. The summed E-state index contributed by atoms with van der Waals surface area (Å²) in [5.41, 5.74) is 0.676. The molecule has 0 saturated heterocycles. The van der Waals surface area contributed by atoms with E-state index in [0.717, 1.165) is 6.54 Å². The van der Waals surface area contributed by atoms with Crippen LogP contribution in [-0.4, -0.2) is 37.6 Å². The molecule has 0 fully saturated rings. The van der Waals surface area contributed by atoms with Gasteiger partial charge in [0, 0.05) is 12.1 Å². The topological polar surface area (TPSA) is 38.8 Å². The van der Waals surface area contributed by atoms with E-state index in [1.54, 1.807) is 18.2 Å². The number of Topliss-reactive ketones (excluding diaryl/α,β-unsaturated/α-hetero) is 1. The smallest absolute Gasteiger partial charge is 0.231 e. The second-order valence-corrected chi connectivity index (χ2v) is 5.08. The summed E-state index contributed by atoms with van der Waals surface area (Å²) in [6, 6.07) is 5.34. The summed E-state index contributed by atoms with van der Waals surface area (Å²) in [6.45, 7) is 5.86. The molecule has 0 spiro atoms. The van der Waals surface area contributed by atoms with Crippen molar-refractivity contribution in [3.05, 3.63) is 23.8 Å². The van der Waals surface area contributed by atoms with Gasteiger partial charge in [-0.05, 0) is 31.2 Å². The highest BCUT2D eigenvalue weighted by molar-refractivity contribution is 5.98. The molecule has 0 amide bonds. The molecule has 98 valence electrons. The Morgan fingerprint density at radius 2 is 2.06 bits per heavy atom. The summed E-state index contributed by atoms with van der Waals surface area (Å²) in [6.07, 6.45) is 0. The first-order valence-electron chi connectivity index (χ1n) is 6.17. The van der Waals surface area contributed by atoms with Crippen LogP contribution in [0.1, 0.15) is 24.2 Å². The number of rotatable bonds is 5. The minimum atomic E-state index is 0.108.